The topological polar surface area (TPSA) is 76.2 Å². The van der Waals surface area contributed by atoms with Crippen molar-refractivity contribution in [3.63, 3.8) is 0 Å². The van der Waals surface area contributed by atoms with Crippen LogP contribution in [-0.2, 0) is 19.5 Å². The summed E-state index contributed by atoms with van der Waals surface area (Å²) in [6.45, 7) is 9.83. The number of aromatic nitrogens is 3. The van der Waals surface area contributed by atoms with Gasteiger partial charge >= 0.3 is 0 Å². The van der Waals surface area contributed by atoms with Crippen LogP contribution >= 0.6 is 0 Å². The minimum absolute atomic E-state index is 0.246. The second kappa shape index (κ2) is 8.21. The molecule has 0 saturated carbocycles. The molecule has 29 heavy (non-hydrogen) atoms. The summed E-state index contributed by atoms with van der Waals surface area (Å²) in [4.78, 5) is 14.7. The maximum absolute atomic E-state index is 12.3. The highest BCUT2D eigenvalue weighted by Gasteiger charge is 2.23. The van der Waals surface area contributed by atoms with Gasteiger partial charge in [0, 0.05) is 32.6 Å². The Morgan fingerprint density at radius 2 is 2.03 bits per heavy atom. The number of rotatable bonds is 5. The lowest BCUT2D eigenvalue weighted by Crippen LogP contribution is -2.30. The van der Waals surface area contributed by atoms with Crippen molar-refractivity contribution < 1.29 is 9.21 Å². The zero-order valence-corrected chi connectivity index (χ0v) is 17.2. The van der Waals surface area contributed by atoms with Crippen LogP contribution < -0.4 is 5.32 Å². The number of hydrogen-bond acceptors (Lipinski definition) is 5. The lowest BCUT2D eigenvalue weighted by Gasteiger charge is -2.20. The molecule has 0 bridgehead atoms. The fourth-order valence-corrected chi connectivity index (χ4v) is 3.77. The molecule has 1 aliphatic heterocycles. The molecule has 7 heteroatoms. The number of fused-ring (bicyclic) bond motifs is 1. The summed E-state index contributed by atoms with van der Waals surface area (Å²) in [6.07, 6.45) is 2.34. The SMILES string of the molecule is Cc1ccc(CN2CCc3nnc([C@@H](C)NC(=O)c4ccco4)n3CC2)cc1C. The van der Waals surface area contributed by atoms with Gasteiger partial charge in [-0.15, -0.1) is 10.2 Å². The van der Waals surface area contributed by atoms with E-state index in [1.165, 1.54) is 23.0 Å². The quantitative estimate of drug-likeness (QED) is 0.721. The van der Waals surface area contributed by atoms with E-state index in [-0.39, 0.29) is 11.9 Å². The smallest absolute Gasteiger partial charge is 0.287 e. The lowest BCUT2D eigenvalue weighted by molar-refractivity contribution is 0.0909. The van der Waals surface area contributed by atoms with Crippen LogP contribution in [0.5, 0.6) is 0 Å². The first-order valence-corrected chi connectivity index (χ1v) is 10.1. The molecule has 152 valence electrons. The average molecular weight is 393 g/mol. The molecule has 0 spiro atoms. The number of carbonyl (C=O) groups excluding carboxylic acids is 1. The third kappa shape index (κ3) is 4.24. The summed E-state index contributed by atoms with van der Waals surface area (Å²) >= 11 is 0. The molecule has 0 fully saturated rings. The summed E-state index contributed by atoms with van der Waals surface area (Å²) in [5.41, 5.74) is 3.99. The molecule has 1 aromatic carbocycles. The number of nitrogens with one attached hydrogen (secondary N) is 1. The van der Waals surface area contributed by atoms with E-state index in [1.54, 1.807) is 12.1 Å². The van der Waals surface area contributed by atoms with Crippen molar-refractivity contribution >= 4 is 5.91 Å². The largest absolute Gasteiger partial charge is 0.459 e. The van der Waals surface area contributed by atoms with E-state index in [9.17, 15) is 4.79 Å². The maximum Gasteiger partial charge on any atom is 0.287 e. The zero-order valence-electron chi connectivity index (χ0n) is 17.2. The van der Waals surface area contributed by atoms with E-state index < -0.39 is 0 Å². The fraction of sp³-hybridized carbons (Fsp3) is 0.409. The highest BCUT2D eigenvalue weighted by molar-refractivity contribution is 5.91. The Kier molecular flexibility index (Phi) is 5.49. The molecular formula is C22H27N5O2. The van der Waals surface area contributed by atoms with Gasteiger partial charge in [0.1, 0.15) is 5.82 Å². The van der Waals surface area contributed by atoms with Gasteiger partial charge in [0.25, 0.3) is 5.91 Å². The third-order valence-corrected chi connectivity index (χ3v) is 5.60. The summed E-state index contributed by atoms with van der Waals surface area (Å²) in [5.74, 6) is 1.81. The maximum atomic E-state index is 12.3. The van der Waals surface area contributed by atoms with E-state index in [1.807, 2.05) is 6.92 Å². The predicted octanol–water partition coefficient (Wildman–Crippen LogP) is 3.04. The Bertz CT molecular complexity index is 993. The van der Waals surface area contributed by atoms with Crippen LogP contribution in [0.2, 0.25) is 0 Å². The second-order valence-electron chi connectivity index (χ2n) is 7.74. The fourth-order valence-electron chi connectivity index (χ4n) is 3.77. The van der Waals surface area contributed by atoms with Crippen LogP contribution in [0.4, 0.5) is 0 Å². The van der Waals surface area contributed by atoms with Crippen molar-refractivity contribution in [3.05, 3.63) is 70.7 Å². The number of carbonyl (C=O) groups is 1. The number of aryl methyl sites for hydroxylation is 2. The monoisotopic (exact) mass is 393 g/mol. The Hall–Kier alpha value is -2.93. The molecule has 1 aliphatic rings. The normalized spacial score (nSPS) is 15.6. The molecule has 0 saturated heterocycles. The Morgan fingerprint density at radius 3 is 2.79 bits per heavy atom. The van der Waals surface area contributed by atoms with Gasteiger partial charge in [-0.1, -0.05) is 18.2 Å². The van der Waals surface area contributed by atoms with E-state index in [0.29, 0.717) is 5.76 Å². The average Bonchev–Trinajstić information content (AvgIpc) is 3.33. The van der Waals surface area contributed by atoms with Gasteiger partial charge < -0.3 is 14.3 Å². The van der Waals surface area contributed by atoms with Crippen LogP contribution in [0.1, 0.15) is 51.9 Å². The van der Waals surface area contributed by atoms with Crippen molar-refractivity contribution in [2.24, 2.45) is 0 Å². The van der Waals surface area contributed by atoms with E-state index in [2.05, 4.69) is 57.0 Å². The van der Waals surface area contributed by atoms with Gasteiger partial charge in [-0.25, -0.2) is 0 Å². The van der Waals surface area contributed by atoms with E-state index >= 15 is 0 Å². The van der Waals surface area contributed by atoms with Gasteiger partial charge in [-0.2, -0.15) is 0 Å². The molecule has 1 atom stereocenters. The van der Waals surface area contributed by atoms with Gasteiger partial charge in [0.2, 0.25) is 0 Å². The standard InChI is InChI=1S/C22H27N5O2/c1-15-6-7-18(13-16(15)2)14-26-9-8-20-24-25-21(27(20)11-10-26)17(3)23-22(28)19-5-4-12-29-19/h4-7,12-13,17H,8-11,14H2,1-3H3,(H,23,28)/t17-/m1/s1. The third-order valence-electron chi connectivity index (χ3n) is 5.60. The van der Waals surface area contributed by atoms with Crippen LogP contribution in [0.15, 0.2) is 41.0 Å². The first-order valence-electron chi connectivity index (χ1n) is 10.1. The zero-order chi connectivity index (χ0) is 20.4. The number of hydrogen-bond donors (Lipinski definition) is 1. The van der Waals surface area contributed by atoms with Crippen LogP contribution in [-0.4, -0.2) is 38.7 Å². The summed E-state index contributed by atoms with van der Waals surface area (Å²) in [5, 5.41) is 11.7. The first kappa shape index (κ1) is 19.4. The molecule has 3 aromatic rings. The molecule has 7 nitrogen and oxygen atoms in total. The Labute approximate surface area is 170 Å². The van der Waals surface area contributed by atoms with Gasteiger partial charge in [0.15, 0.2) is 11.6 Å². The molecule has 1 N–H and O–H groups in total. The number of amides is 1. The highest BCUT2D eigenvalue weighted by atomic mass is 16.3. The minimum Gasteiger partial charge on any atom is -0.459 e. The minimum atomic E-state index is -0.250. The predicted molar refractivity (Wildman–Crippen MR) is 110 cm³/mol. The molecule has 0 unspecified atom stereocenters. The van der Waals surface area contributed by atoms with Crippen molar-refractivity contribution in [1.29, 1.82) is 0 Å². The van der Waals surface area contributed by atoms with Crippen LogP contribution in [0.25, 0.3) is 0 Å². The molecular weight excluding hydrogens is 366 g/mol. The van der Waals surface area contributed by atoms with Crippen molar-refractivity contribution in [1.82, 2.24) is 25.0 Å². The number of benzene rings is 1. The highest BCUT2D eigenvalue weighted by Crippen LogP contribution is 2.18. The van der Waals surface area contributed by atoms with Crippen LogP contribution in [0.3, 0.4) is 0 Å². The van der Waals surface area contributed by atoms with Crippen molar-refractivity contribution in [2.75, 3.05) is 13.1 Å². The van der Waals surface area contributed by atoms with Gasteiger partial charge in [-0.3, -0.25) is 9.69 Å². The molecule has 3 heterocycles. The Balaban J connectivity index is 1.42. The second-order valence-corrected chi connectivity index (χ2v) is 7.74. The van der Waals surface area contributed by atoms with Gasteiger partial charge in [-0.05, 0) is 49.6 Å². The number of nitrogens with zero attached hydrogens (tertiary/aromatic N) is 4. The molecule has 1 amide bonds. The van der Waals surface area contributed by atoms with Crippen molar-refractivity contribution in [3.8, 4) is 0 Å². The van der Waals surface area contributed by atoms with E-state index in [0.717, 1.165) is 44.2 Å². The molecule has 0 aliphatic carbocycles. The molecule has 0 radical (unpaired) electrons. The summed E-state index contributed by atoms with van der Waals surface area (Å²) < 4.78 is 7.32. The molecule has 4 rings (SSSR count). The number of furan rings is 1. The Morgan fingerprint density at radius 1 is 1.17 bits per heavy atom. The van der Waals surface area contributed by atoms with Crippen molar-refractivity contribution in [2.45, 2.75) is 46.3 Å². The van der Waals surface area contributed by atoms with Crippen LogP contribution in [0, 0.1) is 13.8 Å². The summed E-state index contributed by atoms with van der Waals surface area (Å²) in [7, 11) is 0. The first-order chi connectivity index (χ1) is 14.0. The molecule has 2 aromatic heterocycles. The van der Waals surface area contributed by atoms with E-state index in [4.69, 9.17) is 4.42 Å². The lowest BCUT2D eigenvalue weighted by atomic mass is 10.1. The van der Waals surface area contributed by atoms with Gasteiger partial charge in [0.05, 0.1) is 12.3 Å². The summed E-state index contributed by atoms with van der Waals surface area (Å²) in [6, 6.07) is 9.78.